The predicted octanol–water partition coefficient (Wildman–Crippen LogP) is 0.0310. The minimum Gasteiger partial charge on any atom is -0.355 e. The van der Waals surface area contributed by atoms with Crippen LogP contribution in [0.4, 0.5) is 0 Å². The summed E-state index contributed by atoms with van der Waals surface area (Å²) in [6.45, 7) is 7.91. The van der Waals surface area contributed by atoms with Crippen LogP contribution in [0.5, 0.6) is 0 Å². The first-order chi connectivity index (χ1) is 8.43. The fraction of sp³-hybridized carbons (Fsp3) is 0.909. The van der Waals surface area contributed by atoms with Crippen molar-refractivity contribution in [2.24, 2.45) is 5.92 Å². The predicted molar refractivity (Wildman–Crippen MR) is 70.2 cm³/mol. The third-order valence-corrected chi connectivity index (χ3v) is 5.44. The topological polar surface area (TPSA) is 69.7 Å². The lowest BCUT2D eigenvalue weighted by Crippen LogP contribution is -2.39. The Bertz CT molecular complexity index is 383. The number of nitrogens with zero attached hydrogens (tertiary/aromatic N) is 2. The molecule has 0 aliphatic carbocycles. The van der Waals surface area contributed by atoms with E-state index in [-0.39, 0.29) is 11.8 Å². The van der Waals surface area contributed by atoms with Gasteiger partial charge < -0.3 is 5.32 Å². The normalized spacial score (nSPS) is 21.9. The molecule has 6 nitrogen and oxygen atoms in total. The summed E-state index contributed by atoms with van der Waals surface area (Å²) in [6, 6.07) is 0. The number of carbonyl (C=O) groups excluding carboxylic acids is 1. The molecule has 106 valence electrons. The van der Waals surface area contributed by atoms with E-state index in [0.29, 0.717) is 32.7 Å². The van der Waals surface area contributed by atoms with Crippen LogP contribution >= 0.6 is 0 Å². The zero-order valence-corrected chi connectivity index (χ0v) is 12.2. The molecule has 1 saturated heterocycles. The van der Waals surface area contributed by atoms with Crippen LogP contribution in [0.2, 0.25) is 0 Å². The van der Waals surface area contributed by atoms with Gasteiger partial charge in [0.2, 0.25) is 5.91 Å². The van der Waals surface area contributed by atoms with E-state index in [0.717, 1.165) is 6.42 Å². The highest BCUT2D eigenvalue weighted by Gasteiger charge is 2.34. The number of likely N-dealkylation sites (N-methyl/N-ethyl adjacent to an activating group) is 1. The molecule has 1 unspecified atom stereocenters. The van der Waals surface area contributed by atoms with Gasteiger partial charge in [0.25, 0.3) is 10.2 Å². The summed E-state index contributed by atoms with van der Waals surface area (Å²) in [5, 5.41) is 2.77. The number of hydrogen-bond donors (Lipinski definition) is 1. The first kappa shape index (κ1) is 15.4. The fourth-order valence-electron chi connectivity index (χ4n) is 1.83. The van der Waals surface area contributed by atoms with Gasteiger partial charge in [0.1, 0.15) is 0 Å². The Morgan fingerprint density at radius 2 is 1.89 bits per heavy atom. The van der Waals surface area contributed by atoms with Crippen molar-refractivity contribution < 1.29 is 13.2 Å². The summed E-state index contributed by atoms with van der Waals surface area (Å²) < 4.78 is 26.7. The van der Waals surface area contributed by atoms with Crippen LogP contribution in [0.15, 0.2) is 0 Å². The maximum Gasteiger partial charge on any atom is 0.282 e. The monoisotopic (exact) mass is 277 g/mol. The average molecular weight is 277 g/mol. The van der Waals surface area contributed by atoms with E-state index < -0.39 is 10.2 Å². The van der Waals surface area contributed by atoms with Crippen molar-refractivity contribution in [3.8, 4) is 0 Å². The third kappa shape index (κ3) is 3.43. The Hall–Kier alpha value is -0.660. The van der Waals surface area contributed by atoms with Crippen molar-refractivity contribution in [3.05, 3.63) is 0 Å². The Kier molecular flexibility index (Phi) is 5.55. The van der Waals surface area contributed by atoms with E-state index >= 15 is 0 Å². The van der Waals surface area contributed by atoms with E-state index in [2.05, 4.69) is 5.32 Å². The molecule has 1 aliphatic heterocycles. The molecule has 0 spiro atoms. The summed E-state index contributed by atoms with van der Waals surface area (Å²) >= 11 is 0. The number of rotatable bonds is 6. The molecule has 1 fully saturated rings. The molecule has 1 heterocycles. The third-order valence-electron chi connectivity index (χ3n) is 3.32. The zero-order valence-electron chi connectivity index (χ0n) is 11.3. The maximum absolute atomic E-state index is 11.9. The number of amides is 1. The summed E-state index contributed by atoms with van der Waals surface area (Å²) in [7, 11) is -3.29. The minimum absolute atomic E-state index is 0.0126. The second-order valence-electron chi connectivity index (χ2n) is 4.50. The second-order valence-corrected chi connectivity index (χ2v) is 6.43. The molecule has 1 amide bonds. The van der Waals surface area contributed by atoms with E-state index in [1.165, 1.54) is 8.61 Å². The first-order valence-corrected chi connectivity index (χ1v) is 7.86. The molecular weight excluding hydrogens is 254 g/mol. The van der Waals surface area contributed by atoms with Gasteiger partial charge in [0.05, 0.1) is 0 Å². The van der Waals surface area contributed by atoms with Gasteiger partial charge in [-0.1, -0.05) is 20.8 Å². The van der Waals surface area contributed by atoms with Gasteiger partial charge in [-0.2, -0.15) is 17.0 Å². The maximum atomic E-state index is 11.9. The summed E-state index contributed by atoms with van der Waals surface area (Å²) in [6.07, 6.45) is 0.789. The van der Waals surface area contributed by atoms with Gasteiger partial charge in [0, 0.05) is 38.6 Å². The highest BCUT2D eigenvalue weighted by molar-refractivity contribution is 7.87. The summed E-state index contributed by atoms with van der Waals surface area (Å²) in [4.78, 5) is 11.5. The van der Waals surface area contributed by atoms with Gasteiger partial charge in [-0.3, -0.25) is 4.79 Å². The van der Waals surface area contributed by atoms with E-state index in [4.69, 9.17) is 0 Å². The Labute approximate surface area is 110 Å². The molecule has 1 rings (SSSR count). The molecule has 0 aromatic rings. The second kappa shape index (κ2) is 6.49. The van der Waals surface area contributed by atoms with Crippen LogP contribution in [0, 0.1) is 5.92 Å². The van der Waals surface area contributed by atoms with E-state index in [9.17, 15) is 13.2 Å². The molecule has 0 aromatic heterocycles. The molecular formula is C11H23N3O3S. The lowest BCUT2D eigenvalue weighted by molar-refractivity contribution is -0.124. The van der Waals surface area contributed by atoms with Crippen LogP contribution in [0.1, 0.15) is 27.2 Å². The minimum atomic E-state index is -3.29. The van der Waals surface area contributed by atoms with Crippen LogP contribution in [-0.2, 0) is 15.0 Å². The molecule has 0 aromatic carbocycles. The fourth-order valence-corrected chi connectivity index (χ4v) is 3.43. The van der Waals surface area contributed by atoms with Crippen LogP contribution < -0.4 is 5.32 Å². The molecule has 0 saturated carbocycles. The van der Waals surface area contributed by atoms with E-state index in [1.54, 1.807) is 0 Å². The van der Waals surface area contributed by atoms with Crippen LogP contribution in [0.25, 0.3) is 0 Å². The Morgan fingerprint density at radius 1 is 1.28 bits per heavy atom. The number of nitrogens with one attached hydrogen (secondary N) is 1. The van der Waals surface area contributed by atoms with E-state index in [1.807, 2.05) is 20.8 Å². The van der Waals surface area contributed by atoms with Crippen molar-refractivity contribution in [1.29, 1.82) is 0 Å². The molecule has 0 bridgehead atoms. The molecule has 1 atom stereocenters. The van der Waals surface area contributed by atoms with Gasteiger partial charge in [-0.15, -0.1) is 0 Å². The van der Waals surface area contributed by atoms with Crippen molar-refractivity contribution >= 4 is 16.1 Å². The smallest absolute Gasteiger partial charge is 0.282 e. The Balaban J connectivity index is 2.40. The number of hydrogen-bond acceptors (Lipinski definition) is 3. The van der Waals surface area contributed by atoms with Gasteiger partial charge in [0.15, 0.2) is 0 Å². The Morgan fingerprint density at radius 3 is 2.39 bits per heavy atom. The van der Waals surface area contributed by atoms with Crippen molar-refractivity contribution in [3.63, 3.8) is 0 Å². The summed E-state index contributed by atoms with van der Waals surface area (Å²) in [5.41, 5.74) is 0. The zero-order chi connectivity index (χ0) is 13.8. The van der Waals surface area contributed by atoms with Crippen LogP contribution in [0.3, 0.4) is 0 Å². The van der Waals surface area contributed by atoms with Crippen molar-refractivity contribution in [2.75, 3.05) is 32.7 Å². The number of carbonyl (C=O) groups is 1. The average Bonchev–Trinajstić information content (AvgIpc) is 2.63. The molecule has 18 heavy (non-hydrogen) atoms. The van der Waals surface area contributed by atoms with Crippen molar-refractivity contribution in [1.82, 2.24) is 13.9 Å². The standard InChI is InChI=1S/C11H23N3O3S/c1-4-10(3)11(15)12-6-7-14-9-8-13(5-2)18(14,16)17/h10H,4-9H2,1-3H3,(H,12,15). The highest BCUT2D eigenvalue weighted by Crippen LogP contribution is 2.14. The highest BCUT2D eigenvalue weighted by atomic mass is 32.2. The first-order valence-electron chi connectivity index (χ1n) is 6.46. The molecule has 7 heteroatoms. The SMILES string of the molecule is CCC(C)C(=O)NCCN1CCN(CC)S1(=O)=O. The van der Waals surface area contributed by atoms with Gasteiger partial charge in [-0.25, -0.2) is 0 Å². The lowest BCUT2D eigenvalue weighted by Gasteiger charge is -2.18. The van der Waals surface area contributed by atoms with Gasteiger partial charge >= 0.3 is 0 Å². The van der Waals surface area contributed by atoms with Crippen molar-refractivity contribution in [2.45, 2.75) is 27.2 Å². The lowest BCUT2D eigenvalue weighted by atomic mass is 10.1. The van der Waals surface area contributed by atoms with Gasteiger partial charge in [-0.05, 0) is 6.42 Å². The largest absolute Gasteiger partial charge is 0.355 e. The quantitative estimate of drug-likeness (QED) is 0.745. The summed E-state index contributed by atoms with van der Waals surface area (Å²) in [5.74, 6) is -0.0335. The molecule has 1 N–H and O–H groups in total. The van der Waals surface area contributed by atoms with Crippen LogP contribution in [-0.4, -0.2) is 55.7 Å². The molecule has 0 radical (unpaired) electrons. The molecule has 1 aliphatic rings.